The minimum atomic E-state index is -0.806. The van der Waals surface area contributed by atoms with Crippen molar-refractivity contribution in [2.45, 2.75) is 25.2 Å². The molecule has 1 aliphatic carbocycles. The average Bonchev–Trinajstić information content (AvgIpc) is 2.51. The summed E-state index contributed by atoms with van der Waals surface area (Å²) in [6.07, 6.45) is 1.66. The number of carbonyl (C=O) groups is 1. The standard InChI is InChI=1S/C8H10N2O3/c9-8-10-7-4(3-6(11)12)1-2-5(7)13-8/h4H,1-3H2,(H2,9,10)(H,11,12). The lowest BCUT2D eigenvalue weighted by Gasteiger charge is -2.02. The summed E-state index contributed by atoms with van der Waals surface area (Å²) in [5.41, 5.74) is 6.09. The van der Waals surface area contributed by atoms with Crippen molar-refractivity contribution in [1.29, 1.82) is 0 Å². The number of hydrogen-bond acceptors (Lipinski definition) is 4. The molecule has 0 aromatic carbocycles. The number of oxazole rings is 1. The molecule has 1 aromatic rings. The molecule has 0 saturated heterocycles. The smallest absolute Gasteiger partial charge is 0.304 e. The Morgan fingerprint density at radius 2 is 2.54 bits per heavy atom. The van der Waals surface area contributed by atoms with Crippen molar-refractivity contribution in [3.05, 3.63) is 11.5 Å². The van der Waals surface area contributed by atoms with Gasteiger partial charge in [-0.1, -0.05) is 0 Å². The second-order valence-corrected chi connectivity index (χ2v) is 3.19. The first kappa shape index (κ1) is 8.10. The Labute approximate surface area is 74.6 Å². The van der Waals surface area contributed by atoms with Crippen LogP contribution in [0.3, 0.4) is 0 Å². The molecule has 13 heavy (non-hydrogen) atoms. The van der Waals surface area contributed by atoms with Gasteiger partial charge >= 0.3 is 5.97 Å². The third-order valence-corrected chi connectivity index (χ3v) is 2.27. The summed E-state index contributed by atoms with van der Waals surface area (Å²) in [4.78, 5) is 14.5. The van der Waals surface area contributed by atoms with Crippen LogP contribution in [0.5, 0.6) is 0 Å². The first-order chi connectivity index (χ1) is 6.16. The van der Waals surface area contributed by atoms with Gasteiger partial charge in [-0.2, -0.15) is 4.98 Å². The van der Waals surface area contributed by atoms with Crippen LogP contribution in [0.15, 0.2) is 4.42 Å². The molecule has 1 unspecified atom stereocenters. The third kappa shape index (κ3) is 1.37. The monoisotopic (exact) mass is 182 g/mol. The van der Waals surface area contributed by atoms with Crippen LogP contribution < -0.4 is 5.73 Å². The molecular weight excluding hydrogens is 172 g/mol. The van der Waals surface area contributed by atoms with E-state index in [0.29, 0.717) is 0 Å². The van der Waals surface area contributed by atoms with E-state index < -0.39 is 5.97 Å². The van der Waals surface area contributed by atoms with Crippen molar-refractivity contribution >= 4 is 12.0 Å². The highest BCUT2D eigenvalue weighted by atomic mass is 16.4. The number of fused-ring (bicyclic) bond motifs is 1. The number of aromatic nitrogens is 1. The van der Waals surface area contributed by atoms with E-state index in [-0.39, 0.29) is 18.4 Å². The van der Waals surface area contributed by atoms with Crippen molar-refractivity contribution in [3.8, 4) is 0 Å². The lowest BCUT2D eigenvalue weighted by molar-refractivity contribution is -0.137. The number of hydrogen-bond donors (Lipinski definition) is 2. The van der Waals surface area contributed by atoms with Crippen molar-refractivity contribution in [2.24, 2.45) is 0 Å². The van der Waals surface area contributed by atoms with Gasteiger partial charge in [-0.15, -0.1) is 0 Å². The first-order valence-electron chi connectivity index (χ1n) is 4.13. The van der Waals surface area contributed by atoms with Crippen LogP contribution in [0.25, 0.3) is 0 Å². The maximum atomic E-state index is 10.5. The molecule has 2 rings (SSSR count). The van der Waals surface area contributed by atoms with Crippen LogP contribution in [-0.4, -0.2) is 16.1 Å². The van der Waals surface area contributed by atoms with E-state index in [4.69, 9.17) is 15.3 Å². The fourth-order valence-corrected chi connectivity index (χ4v) is 1.73. The minimum absolute atomic E-state index is 0.0199. The van der Waals surface area contributed by atoms with Gasteiger partial charge in [0, 0.05) is 12.3 Å². The summed E-state index contributed by atoms with van der Waals surface area (Å²) in [5, 5.41) is 8.62. The highest BCUT2D eigenvalue weighted by Crippen LogP contribution is 2.35. The van der Waals surface area contributed by atoms with Gasteiger partial charge < -0.3 is 15.3 Å². The van der Waals surface area contributed by atoms with Crippen molar-refractivity contribution in [1.82, 2.24) is 4.98 Å². The molecule has 5 heteroatoms. The molecule has 0 aliphatic heterocycles. The van der Waals surface area contributed by atoms with Gasteiger partial charge in [-0.3, -0.25) is 4.79 Å². The summed E-state index contributed by atoms with van der Waals surface area (Å²) in [7, 11) is 0. The number of carboxylic acid groups (broad SMARTS) is 1. The number of aliphatic carboxylic acids is 1. The zero-order valence-electron chi connectivity index (χ0n) is 6.99. The molecule has 5 nitrogen and oxygen atoms in total. The van der Waals surface area contributed by atoms with Gasteiger partial charge in [-0.25, -0.2) is 0 Å². The zero-order valence-corrected chi connectivity index (χ0v) is 6.99. The molecule has 1 aromatic heterocycles. The Hall–Kier alpha value is -1.52. The van der Waals surface area contributed by atoms with E-state index in [2.05, 4.69) is 4.98 Å². The maximum absolute atomic E-state index is 10.5. The molecule has 1 aliphatic rings. The molecule has 70 valence electrons. The molecular formula is C8H10N2O3. The van der Waals surface area contributed by atoms with Crippen LogP contribution in [0.4, 0.5) is 6.01 Å². The summed E-state index contributed by atoms with van der Waals surface area (Å²) in [6, 6.07) is 0.139. The molecule has 1 heterocycles. The molecule has 0 radical (unpaired) electrons. The van der Waals surface area contributed by atoms with Gasteiger partial charge in [0.25, 0.3) is 6.01 Å². The number of rotatable bonds is 2. The summed E-state index contributed by atoms with van der Waals surface area (Å²) < 4.78 is 5.11. The Morgan fingerprint density at radius 1 is 1.77 bits per heavy atom. The van der Waals surface area contributed by atoms with Crippen LogP contribution in [0.2, 0.25) is 0 Å². The molecule has 0 spiro atoms. The number of nitrogens with zero attached hydrogens (tertiary/aromatic N) is 1. The van der Waals surface area contributed by atoms with Gasteiger partial charge in [-0.05, 0) is 6.42 Å². The van der Waals surface area contributed by atoms with Crippen LogP contribution in [0.1, 0.15) is 30.2 Å². The van der Waals surface area contributed by atoms with Crippen molar-refractivity contribution in [2.75, 3.05) is 5.73 Å². The molecule has 3 N–H and O–H groups in total. The van der Waals surface area contributed by atoms with E-state index in [1.165, 1.54) is 0 Å². The van der Waals surface area contributed by atoms with Crippen LogP contribution in [-0.2, 0) is 11.2 Å². The Bertz CT molecular complexity index is 345. The Balaban J connectivity index is 2.22. The number of nitrogen functional groups attached to an aromatic ring is 1. The normalized spacial score (nSPS) is 20.2. The second-order valence-electron chi connectivity index (χ2n) is 3.19. The fraction of sp³-hybridized carbons (Fsp3) is 0.500. The van der Waals surface area contributed by atoms with Crippen molar-refractivity contribution in [3.63, 3.8) is 0 Å². The van der Waals surface area contributed by atoms with Gasteiger partial charge in [0.1, 0.15) is 5.76 Å². The van der Waals surface area contributed by atoms with E-state index in [1.54, 1.807) is 0 Å². The maximum Gasteiger partial charge on any atom is 0.304 e. The predicted molar refractivity (Wildman–Crippen MR) is 44.2 cm³/mol. The first-order valence-corrected chi connectivity index (χ1v) is 4.13. The highest BCUT2D eigenvalue weighted by molar-refractivity contribution is 5.68. The SMILES string of the molecule is Nc1nc2c(o1)CCC2CC(=O)O. The van der Waals surface area contributed by atoms with Crippen molar-refractivity contribution < 1.29 is 14.3 Å². The lowest BCUT2D eigenvalue weighted by Crippen LogP contribution is -2.03. The predicted octanol–water partition coefficient (Wildman–Crippen LogP) is 0.761. The molecule has 1 atom stereocenters. The van der Waals surface area contributed by atoms with Gasteiger partial charge in [0.15, 0.2) is 0 Å². The van der Waals surface area contributed by atoms with Gasteiger partial charge in [0.2, 0.25) is 0 Å². The Morgan fingerprint density at radius 3 is 3.23 bits per heavy atom. The second kappa shape index (κ2) is 2.76. The third-order valence-electron chi connectivity index (χ3n) is 2.27. The highest BCUT2D eigenvalue weighted by Gasteiger charge is 2.29. The number of anilines is 1. The van der Waals surface area contributed by atoms with E-state index >= 15 is 0 Å². The molecule has 0 amide bonds. The number of carboxylic acids is 1. The fourth-order valence-electron chi connectivity index (χ4n) is 1.73. The summed E-state index contributed by atoms with van der Waals surface area (Å²) in [6.45, 7) is 0. The minimum Gasteiger partial charge on any atom is -0.481 e. The van der Waals surface area contributed by atoms with Crippen LogP contribution in [0, 0.1) is 0 Å². The van der Waals surface area contributed by atoms with E-state index in [9.17, 15) is 4.79 Å². The van der Waals surface area contributed by atoms with E-state index in [0.717, 1.165) is 24.3 Å². The zero-order chi connectivity index (χ0) is 9.42. The lowest BCUT2D eigenvalue weighted by atomic mass is 10.0. The average molecular weight is 182 g/mol. The summed E-state index contributed by atoms with van der Waals surface area (Å²) in [5.74, 6) is -0.0725. The largest absolute Gasteiger partial charge is 0.481 e. The topological polar surface area (TPSA) is 89.4 Å². The summed E-state index contributed by atoms with van der Waals surface area (Å²) >= 11 is 0. The quantitative estimate of drug-likeness (QED) is 0.704. The number of aryl methyl sites for hydroxylation is 1. The molecule has 0 saturated carbocycles. The number of nitrogens with two attached hydrogens (primary N) is 1. The van der Waals surface area contributed by atoms with Gasteiger partial charge in [0.05, 0.1) is 12.1 Å². The molecule has 0 fully saturated rings. The van der Waals surface area contributed by atoms with Crippen LogP contribution >= 0.6 is 0 Å². The Kier molecular flexibility index (Phi) is 1.72. The molecule has 0 bridgehead atoms. The van der Waals surface area contributed by atoms with E-state index in [1.807, 2.05) is 0 Å².